The molecule has 1 saturated carbocycles. The number of pyridine rings is 1. The molecule has 134 valence electrons. The molecule has 4 rings (SSSR count). The maximum atomic E-state index is 9.78. The summed E-state index contributed by atoms with van der Waals surface area (Å²) in [5.41, 5.74) is 1.96. The van der Waals surface area contributed by atoms with Crippen molar-refractivity contribution < 1.29 is 9.84 Å². The second-order valence-electron chi connectivity index (χ2n) is 6.82. The molecule has 1 atom stereocenters. The van der Waals surface area contributed by atoms with E-state index in [9.17, 15) is 5.11 Å². The monoisotopic (exact) mass is 350 g/mol. The van der Waals surface area contributed by atoms with E-state index in [-0.39, 0.29) is 12.1 Å². The van der Waals surface area contributed by atoms with Crippen molar-refractivity contribution in [3.05, 3.63) is 53.9 Å². The Hall–Kier alpha value is -2.73. The van der Waals surface area contributed by atoms with Crippen LogP contribution in [0.15, 0.2) is 42.6 Å². The first-order valence-electron chi connectivity index (χ1n) is 8.82. The number of nitrogens with one attached hydrogen (secondary N) is 1. The molecule has 1 fully saturated rings. The lowest BCUT2D eigenvalue weighted by Gasteiger charge is -2.38. The lowest BCUT2D eigenvalue weighted by Crippen LogP contribution is -2.36. The van der Waals surface area contributed by atoms with Crippen LogP contribution in [0, 0.1) is 12.8 Å². The average Bonchev–Trinajstić information content (AvgIpc) is 2.66. The summed E-state index contributed by atoms with van der Waals surface area (Å²) in [5, 5.41) is 24.2. The van der Waals surface area contributed by atoms with E-state index in [1.807, 2.05) is 37.4 Å². The van der Waals surface area contributed by atoms with E-state index in [2.05, 4.69) is 32.6 Å². The van der Waals surface area contributed by atoms with Crippen LogP contribution in [-0.2, 0) is 0 Å². The number of ether oxygens (including phenoxy) is 1. The molecule has 1 aromatic carbocycles. The Morgan fingerprint density at radius 1 is 1.12 bits per heavy atom. The zero-order valence-electron chi connectivity index (χ0n) is 14.9. The van der Waals surface area contributed by atoms with Crippen LogP contribution >= 0.6 is 0 Å². The van der Waals surface area contributed by atoms with E-state index in [4.69, 9.17) is 4.74 Å². The van der Waals surface area contributed by atoms with Crippen LogP contribution in [0.3, 0.4) is 0 Å². The topological polar surface area (TPSA) is 80.2 Å². The third kappa shape index (κ3) is 3.08. The summed E-state index contributed by atoms with van der Waals surface area (Å²) in [6, 6.07) is 12.0. The van der Waals surface area contributed by atoms with Gasteiger partial charge < -0.3 is 15.2 Å². The third-order valence-corrected chi connectivity index (χ3v) is 5.11. The highest BCUT2D eigenvalue weighted by Crippen LogP contribution is 2.40. The van der Waals surface area contributed by atoms with Crippen LogP contribution in [-0.4, -0.2) is 33.5 Å². The van der Waals surface area contributed by atoms with Crippen molar-refractivity contribution in [2.45, 2.75) is 31.9 Å². The fraction of sp³-hybridized carbons (Fsp3) is 0.350. The molecule has 0 saturated heterocycles. The molecule has 2 N–H and O–H groups in total. The minimum Gasteiger partial charge on any atom is -0.481 e. The molecule has 0 radical (unpaired) electrons. The van der Waals surface area contributed by atoms with Gasteiger partial charge in [0.1, 0.15) is 0 Å². The molecular weight excluding hydrogens is 328 g/mol. The van der Waals surface area contributed by atoms with Crippen molar-refractivity contribution in [2.75, 3.05) is 12.4 Å². The molecule has 0 aliphatic heterocycles. The molecule has 2 heterocycles. The summed E-state index contributed by atoms with van der Waals surface area (Å²) in [5.74, 6) is 1.66. The van der Waals surface area contributed by atoms with Crippen LogP contribution < -0.4 is 10.1 Å². The Morgan fingerprint density at radius 2 is 1.88 bits per heavy atom. The minimum atomic E-state index is -0.226. The molecule has 0 amide bonds. The number of fused-ring (bicyclic) bond motifs is 1. The Labute approximate surface area is 152 Å². The van der Waals surface area contributed by atoms with Crippen molar-refractivity contribution >= 4 is 16.6 Å². The van der Waals surface area contributed by atoms with Gasteiger partial charge in [0, 0.05) is 23.0 Å². The number of hydrogen-bond acceptors (Lipinski definition) is 6. The van der Waals surface area contributed by atoms with Crippen molar-refractivity contribution in [3.8, 4) is 5.88 Å². The van der Waals surface area contributed by atoms with E-state index in [0.717, 1.165) is 40.7 Å². The number of aliphatic hydroxyl groups is 1. The zero-order valence-corrected chi connectivity index (χ0v) is 14.9. The van der Waals surface area contributed by atoms with Gasteiger partial charge in [-0.3, -0.25) is 0 Å². The largest absolute Gasteiger partial charge is 0.481 e. The van der Waals surface area contributed by atoms with Crippen molar-refractivity contribution in [1.82, 2.24) is 15.2 Å². The molecule has 0 bridgehead atoms. The van der Waals surface area contributed by atoms with E-state index in [1.165, 1.54) is 0 Å². The van der Waals surface area contributed by atoms with Gasteiger partial charge in [-0.25, -0.2) is 4.98 Å². The molecule has 0 spiro atoms. The highest BCUT2D eigenvalue weighted by atomic mass is 16.5. The summed E-state index contributed by atoms with van der Waals surface area (Å²) in [4.78, 5) is 4.34. The van der Waals surface area contributed by atoms with Crippen molar-refractivity contribution in [3.63, 3.8) is 0 Å². The lowest BCUT2D eigenvalue weighted by atomic mass is 9.75. The number of rotatable bonds is 5. The molecular formula is C20H22N4O2. The maximum Gasteiger partial charge on any atom is 0.212 e. The van der Waals surface area contributed by atoms with E-state index in [1.54, 1.807) is 7.11 Å². The van der Waals surface area contributed by atoms with Crippen molar-refractivity contribution in [1.29, 1.82) is 0 Å². The number of nitrogens with zero attached hydrogens (tertiary/aromatic N) is 3. The fourth-order valence-corrected chi connectivity index (χ4v) is 3.56. The first kappa shape index (κ1) is 16.7. The van der Waals surface area contributed by atoms with Gasteiger partial charge >= 0.3 is 0 Å². The Bertz CT molecular complexity index is 907. The molecule has 3 aromatic rings. The highest BCUT2D eigenvalue weighted by Gasteiger charge is 2.35. The van der Waals surface area contributed by atoms with Gasteiger partial charge in [0.2, 0.25) is 5.88 Å². The summed E-state index contributed by atoms with van der Waals surface area (Å²) >= 11 is 0. The number of aromatic nitrogens is 3. The first-order chi connectivity index (χ1) is 12.7. The number of anilines is 1. The van der Waals surface area contributed by atoms with E-state index < -0.39 is 0 Å². The van der Waals surface area contributed by atoms with Gasteiger partial charge in [-0.05, 0) is 31.2 Å². The normalized spacial score (nSPS) is 20.4. The first-order valence-corrected chi connectivity index (χ1v) is 8.82. The maximum absolute atomic E-state index is 9.78. The molecule has 6 nitrogen and oxygen atoms in total. The number of aliphatic hydroxyl groups excluding tert-OH is 1. The predicted molar refractivity (Wildman–Crippen MR) is 100 cm³/mol. The number of methoxy groups -OCH3 is 1. The number of hydrogen-bond donors (Lipinski definition) is 2. The molecule has 1 unspecified atom stereocenters. The molecule has 2 aromatic heterocycles. The van der Waals surface area contributed by atoms with Gasteiger partial charge in [-0.2, -0.15) is 5.10 Å². The Morgan fingerprint density at radius 3 is 2.54 bits per heavy atom. The van der Waals surface area contributed by atoms with Gasteiger partial charge in [0.05, 0.1) is 24.9 Å². The average molecular weight is 350 g/mol. The predicted octanol–water partition coefficient (Wildman–Crippen LogP) is 3.27. The van der Waals surface area contributed by atoms with Gasteiger partial charge in [-0.15, -0.1) is 5.10 Å². The molecule has 6 heteroatoms. The summed E-state index contributed by atoms with van der Waals surface area (Å²) < 4.78 is 5.16. The Balaban J connectivity index is 1.70. The molecule has 1 aliphatic rings. The summed E-state index contributed by atoms with van der Waals surface area (Å²) in [7, 11) is 1.61. The summed E-state index contributed by atoms with van der Waals surface area (Å²) in [6.07, 6.45) is 3.13. The molecule has 26 heavy (non-hydrogen) atoms. The van der Waals surface area contributed by atoms with Crippen molar-refractivity contribution in [2.24, 2.45) is 5.92 Å². The smallest absolute Gasteiger partial charge is 0.212 e. The van der Waals surface area contributed by atoms with Crippen LogP contribution in [0.1, 0.15) is 30.1 Å². The molecule has 1 aliphatic carbocycles. The Kier molecular flexibility index (Phi) is 4.42. The van der Waals surface area contributed by atoms with Crippen LogP contribution in [0.4, 0.5) is 5.82 Å². The highest BCUT2D eigenvalue weighted by molar-refractivity contribution is 5.93. The minimum absolute atomic E-state index is 0.0113. The van der Waals surface area contributed by atoms with Crippen LogP contribution in [0.25, 0.3) is 10.8 Å². The summed E-state index contributed by atoms with van der Waals surface area (Å²) in [6.45, 7) is 1.96. The van der Waals surface area contributed by atoms with Crippen LogP contribution in [0.5, 0.6) is 5.88 Å². The second kappa shape index (κ2) is 6.88. The van der Waals surface area contributed by atoms with Gasteiger partial charge in [-0.1, -0.05) is 30.3 Å². The number of aryl methyl sites for hydroxylation is 1. The standard InChI is InChI=1S/C20H22N4O2/c1-12-16-5-3-4-6-17(16)20(24-23-12)22-19(14-9-15(25)10-14)13-7-8-18(26-2)21-11-13/h3-8,11,14-15,19,25H,9-10H2,1-2H3,(H,22,24). The van der Waals surface area contributed by atoms with Gasteiger partial charge in [0.15, 0.2) is 5.82 Å². The zero-order chi connectivity index (χ0) is 18.1. The third-order valence-electron chi connectivity index (χ3n) is 5.11. The van der Waals surface area contributed by atoms with E-state index >= 15 is 0 Å². The fourth-order valence-electron chi connectivity index (χ4n) is 3.56. The van der Waals surface area contributed by atoms with E-state index in [0.29, 0.717) is 11.8 Å². The number of benzene rings is 1. The van der Waals surface area contributed by atoms with Crippen LogP contribution in [0.2, 0.25) is 0 Å². The lowest BCUT2D eigenvalue weighted by molar-refractivity contribution is 0.0339. The second-order valence-corrected chi connectivity index (χ2v) is 6.82. The quantitative estimate of drug-likeness (QED) is 0.735. The van der Waals surface area contributed by atoms with Gasteiger partial charge in [0.25, 0.3) is 0 Å². The SMILES string of the molecule is COc1ccc(C(Nc2nnc(C)c3ccccc23)C2CC(O)C2)cn1.